The smallest absolute Gasteiger partial charge is 0.339 e. The lowest BCUT2D eigenvalue weighted by molar-refractivity contribution is 0.0698. The monoisotopic (exact) mass is 449 g/mol. The number of carboxylic acids is 1. The highest BCUT2D eigenvalue weighted by molar-refractivity contribution is 7.15. The molecule has 0 spiro atoms. The lowest BCUT2D eigenvalue weighted by Crippen LogP contribution is -2.14. The van der Waals surface area contributed by atoms with Crippen LogP contribution in [0.5, 0.6) is 0 Å². The van der Waals surface area contributed by atoms with E-state index in [1.807, 2.05) is 0 Å². The highest BCUT2D eigenvalue weighted by Gasteiger charge is 2.22. The molecule has 150 valence electrons. The number of hydrogen-bond donors (Lipinski definition) is 4. The molecule has 1 aromatic heterocycles. The maximum atomic E-state index is 12.6. The maximum absolute atomic E-state index is 12.6. The molecule has 0 aliphatic heterocycles. The van der Waals surface area contributed by atoms with Crippen molar-refractivity contribution in [3.8, 4) is 0 Å². The minimum absolute atomic E-state index is 0.0000508. The van der Waals surface area contributed by atoms with E-state index in [1.165, 1.54) is 6.07 Å². The minimum atomic E-state index is -1.15. The van der Waals surface area contributed by atoms with Gasteiger partial charge in [-0.3, -0.25) is 4.79 Å². The summed E-state index contributed by atoms with van der Waals surface area (Å²) in [6.45, 7) is 0.261. The number of thiophene rings is 1. The van der Waals surface area contributed by atoms with Crippen LogP contribution in [-0.4, -0.2) is 17.0 Å². The fraction of sp³-hybridized carbons (Fsp3) is 0.100. The summed E-state index contributed by atoms with van der Waals surface area (Å²) < 4.78 is 0. The van der Waals surface area contributed by atoms with E-state index in [2.05, 4.69) is 5.32 Å². The Morgan fingerprint density at radius 2 is 2.00 bits per heavy atom. The molecule has 0 unspecified atom stereocenters. The second kappa shape index (κ2) is 8.84. The molecule has 1 aliphatic rings. The quantitative estimate of drug-likeness (QED) is 0.490. The van der Waals surface area contributed by atoms with Crippen LogP contribution in [0.25, 0.3) is 5.57 Å². The number of halogens is 2. The number of carboxylic acid groups (broad SMARTS) is 1. The van der Waals surface area contributed by atoms with Gasteiger partial charge in [0.2, 0.25) is 0 Å². The number of nitrogen functional groups attached to an aromatic ring is 1. The molecule has 1 aromatic carbocycles. The van der Waals surface area contributed by atoms with Gasteiger partial charge in [-0.15, -0.1) is 11.3 Å². The first-order chi connectivity index (χ1) is 13.8. The molecule has 6 nitrogen and oxygen atoms in total. The molecule has 1 amide bonds. The molecule has 0 radical (unpaired) electrons. The molecule has 6 N–H and O–H groups in total. The third kappa shape index (κ3) is 4.54. The molecule has 0 atom stereocenters. The van der Waals surface area contributed by atoms with Gasteiger partial charge in [0.25, 0.3) is 5.91 Å². The number of nitrogens with one attached hydrogen (secondary N) is 1. The first-order valence-corrected chi connectivity index (χ1v) is 10.1. The minimum Gasteiger partial charge on any atom is -0.478 e. The molecular formula is C20H17Cl2N3O3S. The van der Waals surface area contributed by atoms with Crippen LogP contribution in [0, 0.1) is 0 Å². The molecule has 1 heterocycles. The van der Waals surface area contributed by atoms with E-state index >= 15 is 0 Å². The Kier molecular flexibility index (Phi) is 6.44. The summed E-state index contributed by atoms with van der Waals surface area (Å²) in [5.41, 5.74) is 14.0. The van der Waals surface area contributed by atoms with Crippen LogP contribution in [-0.2, 0) is 6.54 Å². The number of benzene rings is 1. The number of anilines is 2. The van der Waals surface area contributed by atoms with Crippen molar-refractivity contribution >= 4 is 62.7 Å². The van der Waals surface area contributed by atoms with Crippen molar-refractivity contribution in [1.82, 2.24) is 0 Å². The van der Waals surface area contributed by atoms with Crippen LogP contribution in [0.4, 0.5) is 10.7 Å². The van der Waals surface area contributed by atoms with Crippen LogP contribution < -0.4 is 16.8 Å². The van der Waals surface area contributed by atoms with Gasteiger partial charge in [-0.2, -0.15) is 0 Å². The van der Waals surface area contributed by atoms with Crippen molar-refractivity contribution in [3.05, 3.63) is 74.1 Å². The van der Waals surface area contributed by atoms with Crippen LogP contribution in [0.3, 0.4) is 0 Å². The predicted molar refractivity (Wildman–Crippen MR) is 118 cm³/mol. The first-order valence-electron chi connectivity index (χ1n) is 8.49. The van der Waals surface area contributed by atoms with Crippen molar-refractivity contribution in [2.45, 2.75) is 13.0 Å². The summed E-state index contributed by atoms with van der Waals surface area (Å²) in [5, 5.41) is 15.2. The van der Waals surface area contributed by atoms with E-state index in [-0.39, 0.29) is 17.1 Å². The first kappa shape index (κ1) is 21.1. The van der Waals surface area contributed by atoms with E-state index in [1.54, 1.807) is 35.7 Å². The molecule has 0 saturated heterocycles. The Morgan fingerprint density at radius 3 is 2.66 bits per heavy atom. The fourth-order valence-electron chi connectivity index (χ4n) is 2.79. The van der Waals surface area contributed by atoms with Gasteiger partial charge in [0.1, 0.15) is 10.6 Å². The summed E-state index contributed by atoms with van der Waals surface area (Å²) in [6.07, 6.45) is 5.49. The van der Waals surface area contributed by atoms with Crippen molar-refractivity contribution in [2.24, 2.45) is 5.73 Å². The summed E-state index contributed by atoms with van der Waals surface area (Å²) in [7, 11) is 0. The molecule has 9 heteroatoms. The number of hydrogen-bond acceptors (Lipinski definition) is 5. The molecule has 0 saturated carbocycles. The Labute approximate surface area is 181 Å². The number of aromatic carboxylic acids is 1. The predicted octanol–water partition coefficient (Wildman–Crippen LogP) is 4.77. The Balaban J connectivity index is 1.92. The van der Waals surface area contributed by atoms with Gasteiger partial charge in [0.15, 0.2) is 0 Å². The second-order valence-corrected chi connectivity index (χ2v) is 7.92. The SMILES string of the molecule is NCc1ccc(C(=O)Nc2scc(C3=CCC(Cl)=C(Cl)C=C3)c2C(=O)O)cc1N. The van der Waals surface area contributed by atoms with Gasteiger partial charge < -0.3 is 21.9 Å². The third-order valence-corrected chi connectivity index (χ3v) is 6.04. The number of carbonyl (C=O) groups is 2. The number of nitrogens with two attached hydrogens (primary N) is 2. The zero-order valence-corrected chi connectivity index (χ0v) is 17.4. The average Bonchev–Trinajstić information content (AvgIpc) is 3.03. The average molecular weight is 450 g/mol. The van der Waals surface area contributed by atoms with Crippen LogP contribution >= 0.6 is 34.5 Å². The Hall–Kier alpha value is -2.58. The van der Waals surface area contributed by atoms with Crippen molar-refractivity contribution in [1.29, 1.82) is 0 Å². The van der Waals surface area contributed by atoms with Gasteiger partial charge in [0, 0.05) is 40.2 Å². The van der Waals surface area contributed by atoms with E-state index in [0.29, 0.717) is 38.9 Å². The van der Waals surface area contributed by atoms with Crippen molar-refractivity contribution < 1.29 is 14.7 Å². The number of amides is 1. The standard InChI is InChI=1S/C20H17Cl2N3O3S/c21-14-5-3-10(4-6-15(14)22)13-9-29-19(17(13)20(27)28)25-18(26)11-1-2-12(8-23)16(24)7-11/h1-5,7,9H,6,8,23-24H2,(H,25,26)(H,27,28). The molecule has 0 bridgehead atoms. The summed E-state index contributed by atoms with van der Waals surface area (Å²) >= 11 is 13.2. The largest absolute Gasteiger partial charge is 0.478 e. The third-order valence-electron chi connectivity index (χ3n) is 4.34. The molecule has 1 aliphatic carbocycles. The van der Waals surface area contributed by atoms with E-state index < -0.39 is 11.9 Å². The van der Waals surface area contributed by atoms with Gasteiger partial charge in [-0.25, -0.2) is 4.79 Å². The summed E-state index contributed by atoms with van der Waals surface area (Å²) in [4.78, 5) is 24.5. The highest BCUT2D eigenvalue weighted by Crippen LogP contribution is 2.36. The van der Waals surface area contributed by atoms with Gasteiger partial charge in [-0.05, 0) is 29.3 Å². The van der Waals surface area contributed by atoms with Crippen LogP contribution in [0.15, 0.2) is 51.9 Å². The molecule has 29 heavy (non-hydrogen) atoms. The van der Waals surface area contributed by atoms with Crippen LogP contribution in [0.1, 0.15) is 38.3 Å². The number of carbonyl (C=O) groups excluding carboxylic acids is 1. The number of rotatable bonds is 5. The zero-order chi connectivity index (χ0) is 21.1. The highest BCUT2D eigenvalue weighted by atomic mass is 35.5. The lowest BCUT2D eigenvalue weighted by Gasteiger charge is -2.08. The lowest BCUT2D eigenvalue weighted by atomic mass is 10.0. The summed E-state index contributed by atoms with van der Waals surface area (Å²) in [5.74, 6) is -1.62. The number of allylic oxidation sites excluding steroid dienone is 6. The Bertz CT molecular complexity index is 1090. The van der Waals surface area contributed by atoms with Crippen LogP contribution in [0.2, 0.25) is 0 Å². The molecule has 0 fully saturated rings. The van der Waals surface area contributed by atoms with E-state index in [9.17, 15) is 14.7 Å². The second-order valence-electron chi connectivity index (χ2n) is 6.18. The molecule has 3 rings (SSSR count). The van der Waals surface area contributed by atoms with Crippen molar-refractivity contribution in [2.75, 3.05) is 11.1 Å². The normalized spacial score (nSPS) is 13.8. The molecule has 2 aromatic rings. The van der Waals surface area contributed by atoms with E-state index in [0.717, 1.165) is 16.9 Å². The Morgan fingerprint density at radius 1 is 1.24 bits per heavy atom. The van der Waals surface area contributed by atoms with E-state index in [4.69, 9.17) is 34.7 Å². The van der Waals surface area contributed by atoms with Gasteiger partial charge in [0.05, 0.1) is 5.03 Å². The zero-order valence-electron chi connectivity index (χ0n) is 15.0. The van der Waals surface area contributed by atoms with Crippen molar-refractivity contribution in [3.63, 3.8) is 0 Å². The van der Waals surface area contributed by atoms with Gasteiger partial charge >= 0.3 is 5.97 Å². The maximum Gasteiger partial charge on any atom is 0.339 e. The topological polar surface area (TPSA) is 118 Å². The molecular weight excluding hydrogens is 433 g/mol. The fourth-order valence-corrected chi connectivity index (χ4v) is 4.03. The van der Waals surface area contributed by atoms with Gasteiger partial charge in [-0.1, -0.05) is 41.4 Å². The summed E-state index contributed by atoms with van der Waals surface area (Å²) in [6, 6.07) is 4.78.